The van der Waals surface area contributed by atoms with Gasteiger partial charge in [-0.1, -0.05) is 18.2 Å². The highest BCUT2D eigenvalue weighted by atomic mass is 127. The van der Waals surface area contributed by atoms with Crippen molar-refractivity contribution in [1.82, 2.24) is 10.6 Å². The van der Waals surface area contributed by atoms with Crippen LogP contribution in [0.2, 0.25) is 0 Å². The average molecular weight is 801 g/mol. The predicted molar refractivity (Wildman–Crippen MR) is 191 cm³/mol. The summed E-state index contributed by atoms with van der Waals surface area (Å²) in [6, 6.07) is 13.4. The van der Waals surface area contributed by atoms with E-state index in [-0.39, 0.29) is 38.3 Å². The van der Waals surface area contributed by atoms with Gasteiger partial charge >= 0.3 is 11.9 Å². The topological polar surface area (TPSA) is 149 Å². The molecule has 0 aromatic heterocycles. The number of hydrogen-bond acceptors (Lipinski definition) is 9. The summed E-state index contributed by atoms with van der Waals surface area (Å²) in [5.41, 5.74) is 1.30. The van der Waals surface area contributed by atoms with Crippen molar-refractivity contribution in [2.75, 3.05) is 6.61 Å². The van der Waals surface area contributed by atoms with Crippen molar-refractivity contribution in [3.63, 3.8) is 0 Å². The Morgan fingerprint density at radius 2 is 1.68 bits per heavy atom. The Kier molecular flexibility index (Phi) is 11.0. The van der Waals surface area contributed by atoms with Gasteiger partial charge < -0.3 is 34.7 Å². The third-order valence-electron chi connectivity index (χ3n) is 9.34. The minimum Gasteiger partial charge on any atom is -0.460 e. The van der Waals surface area contributed by atoms with Crippen LogP contribution in [0.5, 0.6) is 0 Å². The van der Waals surface area contributed by atoms with Gasteiger partial charge in [-0.15, -0.1) is 0 Å². The molecule has 3 N–H and O–H groups in total. The van der Waals surface area contributed by atoms with Gasteiger partial charge in [-0.25, -0.2) is 4.79 Å². The maximum Gasteiger partial charge on any atom is 0.338 e. The smallest absolute Gasteiger partial charge is 0.338 e. The largest absolute Gasteiger partial charge is 0.460 e. The minimum atomic E-state index is -0.711. The molecular weight excluding hydrogens is 755 g/mol. The van der Waals surface area contributed by atoms with Gasteiger partial charge in [0, 0.05) is 45.9 Å². The molecule has 268 valence electrons. The summed E-state index contributed by atoms with van der Waals surface area (Å²) in [4.78, 5) is 52.0. The van der Waals surface area contributed by atoms with E-state index in [0.29, 0.717) is 34.1 Å². The van der Waals surface area contributed by atoms with E-state index in [1.54, 1.807) is 63.2 Å². The number of esters is 2. The summed E-state index contributed by atoms with van der Waals surface area (Å²) >= 11 is 2.15. The third-order valence-corrected chi connectivity index (χ3v) is 10.0. The molecule has 3 fully saturated rings. The van der Waals surface area contributed by atoms with Crippen LogP contribution in [0.15, 0.2) is 60.2 Å². The molecule has 0 bridgehead atoms. The van der Waals surface area contributed by atoms with Crippen LogP contribution in [0, 0.1) is 15.4 Å². The average Bonchev–Trinajstić information content (AvgIpc) is 4.02. The Labute approximate surface area is 306 Å². The molecule has 12 heteroatoms. The molecule has 0 radical (unpaired) electrons. The molecule has 1 saturated heterocycles. The molecule has 1 heterocycles. The van der Waals surface area contributed by atoms with Crippen LogP contribution in [0.1, 0.15) is 92.0 Å². The fourth-order valence-electron chi connectivity index (χ4n) is 6.67. The zero-order valence-corrected chi connectivity index (χ0v) is 30.8. The second kappa shape index (κ2) is 15.1. The monoisotopic (exact) mass is 800 g/mol. The van der Waals surface area contributed by atoms with E-state index >= 15 is 0 Å². The highest BCUT2D eigenvalue weighted by Crippen LogP contribution is 2.59. The van der Waals surface area contributed by atoms with Crippen LogP contribution in [-0.4, -0.2) is 71.2 Å². The Morgan fingerprint density at radius 1 is 0.980 bits per heavy atom. The highest BCUT2D eigenvalue weighted by Gasteiger charge is 2.64. The molecule has 4 atom stereocenters. The number of carbonyl (C=O) groups excluding carboxylic acids is 4. The van der Waals surface area contributed by atoms with Crippen LogP contribution >= 0.6 is 22.6 Å². The number of ether oxygens (including phenoxy) is 4. The fraction of sp³-hybridized carbons (Fsp3) is 0.526. The van der Waals surface area contributed by atoms with E-state index in [1.807, 2.05) is 12.1 Å². The van der Waals surface area contributed by atoms with Crippen LogP contribution in [-0.2, 0) is 35.1 Å². The Balaban J connectivity index is 1.10. The zero-order valence-electron chi connectivity index (χ0n) is 28.6. The Morgan fingerprint density at radius 3 is 2.34 bits per heavy atom. The summed E-state index contributed by atoms with van der Waals surface area (Å²) in [6.07, 6.45) is 4.64. The number of nitrogens with one attached hydrogen (secondary N) is 2. The lowest BCUT2D eigenvalue weighted by atomic mass is 9.91. The lowest BCUT2D eigenvalue weighted by Gasteiger charge is -2.31. The van der Waals surface area contributed by atoms with Crippen LogP contribution in [0.25, 0.3) is 0 Å². The Hall–Kier alpha value is -3.33. The van der Waals surface area contributed by atoms with Crippen LogP contribution < -0.4 is 10.6 Å². The SMILES string of the molecule is CC(C)(C)OC(=O)CCC(CO)NC(=O)c1cccc(CNC(=O)C2=CC3OC(C4CC4)(C4CC4)OC3C(OC(=O)c3cccc(I)c3)C2)c1. The van der Waals surface area contributed by atoms with E-state index in [9.17, 15) is 24.3 Å². The molecule has 6 rings (SSSR count). The van der Waals surface area contributed by atoms with Crippen LogP contribution in [0.3, 0.4) is 0 Å². The van der Waals surface area contributed by atoms with Crippen molar-refractivity contribution in [2.45, 2.75) is 108 Å². The Bertz CT molecular complexity index is 1630. The molecule has 0 spiro atoms. The number of amides is 2. The molecule has 2 aromatic rings. The van der Waals surface area contributed by atoms with E-state index in [0.717, 1.165) is 29.3 Å². The van der Waals surface area contributed by atoms with Gasteiger partial charge in [0.05, 0.1) is 18.2 Å². The second-order valence-electron chi connectivity index (χ2n) is 14.6. The molecule has 2 amide bonds. The molecule has 50 heavy (non-hydrogen) atoms. The van der Waals surface area contributed by atoms with E-state index < -0.39 is 53.6 Å². The van der Waals surface area contributed by atoms with Crippen molar-refractivity contribution >= 4 is 46.3 Å². The van der Waals surface area contributed by atoms with E-state index in [1.165, 1.54) is 0 Å². The number of benzene rings is 2. The second-order valence-corrected chi connectivity index (χ2v) is 15.9. The van der Waals surface area contributed by atoms with E-state index in [2.05, 4.69) is 33.2 Å². The van der Waals surface area contributed by atoms with Crippen molar-refractivity contribution < 1.29 is 43.2 Å². The van der Waals surface area contributed by atoms with Crippen LogP contribution in [0.4, 0.5) is 0 Å². The first-order valence-electron chi connectivity index (χ1n) is 17.4. The van der Waals surface area contributed by atoms with E-state index in [4.69, 9.17) is 18.9 Å². The number of fused-ring (bicyclic) bond motifs is 1. The summed E-state index contributed by atoms with van der Waals surface area (Å²) in [7, 11) is 0. The number of rotatable bonds is 13. The number of aliphatic hydroxyl groups is 1. The van der Waals surface area contributed by atoms with Gasteiger partial charge in [0.15, 0.2) is 5.79 Å². The van der Waals surface area contributed by atoms with Crippen molar-refractivity contribution in [3.05, 3.63) is 80.4 Å². The number of halogens is 1. The van der Waals surface area contributed by atoms with Gasteiger partial charge in [-0.05, 0) is 117 Å². The molecule has 1 aliphatic heterocycles. The molecule has 11 nitrogen and oxygen atoms in total. The number of carbonyl (C=O) groups is 4. The molecule has 3 aliphatic carbocycles. The first-order chi connectivity index (χ1) is 23.8. The zero-order chi connectivity index (χ0) is 35.6. The summed E-state index contributed by atoms with van der Waals surface area (Å²) < 4.78 is 25.6. The number of hydrogen-bond donors (Lipinski definition) is 3. The summed E-state index contributed by atoms with van der Waals surface area (Å²) in [5, 5.41) is 15.5. The maximum absolute atomic E-state index is 13.6. The highest BCUT2D eigenvalue weighted by molar-refractivity contribution is 14.1. The molecule has 4 aliphatic rings. The normalized spacial score (nSPS) is 23.2. The lowest BCUT2D eigenvalue weighted by Crippen LogP contribution is -2.44. The molecule has 2 aromatic carbocycles. The van der Waals surface area contributed by atoms with Gasteiger partial charge in [0.2, 0.25) is 5.91 Å². The maximum atomic E-state index is 13.6. The standard InChI is InChI=1S/C38H45IN2O9/c1-37(2,3)49-32(43)15-14-29(21-42)41-35(45)23-7-4-6-22(16-23)20-40-34(44)25-18-30(47-36(46)24-8-5-9-28(39)17-24)33-31(19-25)48-38(50-33,26-10-11-26)27-12-13-27/h4-9,16-17,19,26-27,29-31,33,42H,10-15,18,20-21H2,1-3H3,(H,40,44)(H,41,45). The van der Waals surface area contributed by atoms with Crippen molar-refractivity contribution in [1.29, 1.82) is 0 Å². The fourth-order valence-corrected chi connectivity index (χ4v) is 7.21. The predicted octanol–water partition coefficient (Wildman–Crippen LogP) is 4.98. The van der Waals surface area contributed by atoms with Crippen molar-refractivity contribution in [3.8, 4) is 0 Å². The quantitative estimate of drug-likeness (QED) is 0.189. The van der Waals surface area contributed by atoms with Crippen molar-refractivity contribution in [2.24, 2.45) is 11.8 Å². The van der Waals surface area contributed by atoms with Gasteiger partial charge in [0.1, 0.15) is 23.9 Å². The third kappa shape index (κ3) is 8.93. The van der Waals surface area contributed by atoms with Gasteiger partial charge in [-0.3, -0.25) is 14.4 Å². The first kappa shape index (κ1) is 36.5. The molecular formula is C38H45IN2O9. The minimum absolute atomic E-state index is 0.0529. The van der Waals surface area contributed by atoms with Gasteiger partial charge in [0.25, 0.3) is 5.91 Å². The number of aliphatic hydroxyl groups excluding tert-OH is 1. The lowest BCUT2D eigenvalue weighted by molar-refractivity contribution is -0.209. The molecule has 2 saturated carbocycles. The summed E-state index contributed by atoms with van der Waals surface area (Å²) in [6.45, 7) is 5.15. The molecule has 4 unspecified atom stereocenters. The summed E-state index contributed by atoms with van der Waals surface area (Å²) in [5.74, 6) is -1.70. The van der Waals surface area contributed by atoms with Gasteiger partial charge in [-0.2, -0.15) is 0 Å². The first-order valence-corrected chi connectivity index (χ1v) is 18.4.